The van der Waals surface area contributed by atoms with E-state index in [4.69, 9.17) is 6.11 Å². The SMILES string of the molecule is [3H]c1csc(OCc2c(F)csc2-n2nnn(C)c2=O)n1. The zero-order chi connectivity index (χ0) is 15.0. The molecule has 0 aliphatic heterocycles. The average Bonchev–Trinajstić information content (AvgIpc) is 3.11. The molecule has 7 nitrogen and oxygen atoms in total. The largest absolute Gasteiger partial charge is 0.465 e. The van der Waals surface area contributed by atoms with Gasteiger partial charge in [0.05, 0.1) is 6.93 Å². The van der Waals surface area contributed by atoms with Crippen molar-refractivity contribution in [3.05, 3.63) is 38.8 Å². The van der Waals surface area contributed by atoms with Gasteiger partial charge in [-0.15, -0.1) is 16.0 Å². The fourth-order valence-electron chi connectivity index (χ4n) is 1.48. The van der Waals surface area contributed by atoms with E-state index < -0.39 is 11.5 Å². The molecule has 20 heavy (non-hydrogen) atoms. The molecule has 0 N–H and O–H groups in total. The number of rotatable bonds is 4. The molecule has 0 aliphatic rings. The molecule has 0 spiro atoms. The van der Waals surface area contributed by atoms with E-state index in [-0.39, 0.29) is 23.5 Å². The Balaban J connectivity index is 1.90. The van der Waals surface area contributed by atoms with Crippen molar-refractivity contribution in [2.75, 3.05) is 0 Å². The third kappa shape index (κ3) is 2.23. The number of hydrogen-bond donors (Lipinski definition) is 0. The Morgan fingerprint density at radius 1 is 1.50 bits per heavy atom. The van der Waals surface area contributed by atoms with Crippen LogP contribution in [0.1, 0.15) is 6.93 Å². The zero-order valence-corrected chi connectivity index (χ0v) is 11.7. The first kappa shape index (κ1) is 11.7. The number of aromatic nitrogens is 5. The number of nitrogens with zero attached hydrogens (tertiary/aromatic N) is 5. The second-order valence-electron chi connectivity index (χ2n) is 3.70. The van der Waals surface area contributed by atoms with Crippen molar-refractivity contribution >= 4 is 22.7 Å². The lowest BCUT2D eigenvalue weighted by Crippen LogP contribution is -2.22. The Morgan fingerprint density at radius 3 is 3.00 bits per heavy atom. The van der Waals surface area contributed by atoms with Crippen LogP contribution in [0, 0.1) is 5.82 Å². The van der Waals surface area contributed by atoms with E-state index in [0.29, 0.717) is 5.00 Å². The van der Waals surface area contributed by atoms with Crippen LogP contribution in [0.25, 0.3) is 5.00 Å². The minimum atomic E-state index is -0.491. The molecule has 0 aromatic carbocycles. The number of ether oxygens (including phenoxy) is 1. The predicted octanol–water partition coefficient (Wildman–Crippen LogP) is 1.20. The van der Waals surface area contributed by atoms with Crippen molar-refractivity contribution in [2.24, 2.45) is 7.05 Å². The van der Waals surface area contributed by atoms with E-state index in [0.717, 1.165) is 32.0 Å². The Morgan fingerprint density at radius 2 is 2.35 bits per heavy atom. The molecule has 3 aromatic heterocycles. The highest BCUT2D eigenvalue weighted by atomic mass is 32.1. The van der Waals surface area contributed by atoms with Gasteiger partial charge in [0.2, 0.25) is 0 Å². The quantitative estimate of drug-likeness (QED) is 0.723. The molecule has 0 saturated heterocycles. The topological polar surface area (TPSA) is 74.8 Å². The summed E-state index contributed by atoms with van der Waals surface area (Å²) in [4.78, 5) is 15.6. The summed E-state index contributed by atoms with van der Waals surface area (Å²) < 4.78 is 28.6. The lowest BCUT2D eigenvalue weighted by molar-refractivity contribution is 0.298. The minimum absolute atomic E-state index is 0.0890. The van der Waals surface area contributed by atoms with Crippen LogP contribution in [-0.4, -0.2) is 24.8 Å². The van der Waals surface area contributed by atoms with Crippen molar-refractivity contribution in [1.29, 1.82) is 0 Å². The molecular formula is C10H8FN5O2S2. The van der Waals surface area contributed by atoms with Crippen molar-refractivity contribution in [2.45, 2.75) is 6.61 Å². The van der Waals surface area contributed by atoms with Gasteiger partial charge in [-0.05, 0) is 10.4 Å². The van der Waals surface area contributed by atoms with Crippen LogP contribution in [0.3, 0.4) is 0 Å². The van der Waals surface area contributed by atoms with Crippen LogP contribution in [0.4, 0.5) is 4.39 Å². The summed E-state index contributed by atoms with van der Waals surface area (Å²) in [6.45, 7) is -0.110. The molecule has 0 bridgehead atoms. The predicted molar refractivity (Wildman–Crippen MR) is 70.9 cm³/mol. The molecule has 104 valence electrons. The standard InChI is InChI=1S/C10H8FN5O2S2/c1-15-10(17)16(14-13-15)8-6(7(11)5-20-8)4-18-9-12-2-3-19-9/h2-3,5H,4H2,1H3/i2T. The Labute approximate surface area is 121 Å². The third-order valence-corrected chi connectivity index (χ3v) is 4.04. The second kappa shape index (κ2) is 5.13. The summed E-state index contributed by atoms with van der Waals surface area (Å²) in [6.07, 6.45) is 0.0890. The zero-order valence-electron chi connectivity index (χ0n) is 11.1. The molecule has 0 unspecified atom stereocenters. The molecule has 0 aliphatic carbocycles. The summed E-state index contributed by atoms with van der Waals surface area (Å²) in [7, 11) is 1.46. The molecule has 3 rings (SSSR count). The molecule has 0 fully saturated rings. The molecule has 3 aromatic rings. The highest BCUT2D eigenvalue weighted by molar-refractivity contribution is 7.12. The van der Waals surface area contributed by atoms with E-state index in [2.05, 4.69) is 15.4 Å². The lowest BCUT2D eigenvalue weighted by Gasteiger charge is -2.03. The lowest BCUT2D eigenvalue weighted by atomic mass is 10.3. The van der Waals surface area contributed by atoms with E-state index >= 15 is 0 Å². The fraction of sp³-hybridized carbons (Fsp3) is 0.200. The number of thiazole rings is 1. The summed E-state index contributed by atoms with van der Waals surface area (Å²) in [5.74, 6) is -0.491. The van der Waals surface area contributed by atoms with Crippen LogP contribution in [-0.2, 0) is 13.7 Å². The Kier molecular flexibility index (Phi) is 3.01. The summed E-state index contributed by atoms with van der Waals surface area (Å²) in [6, 6.07) is 0. The number of thiophene rings is 1. The van der Waals surface area contributed by atoms with Crippen molar-refractivity contribution in [3.63, 3.8) is 0 Å². The fourth-order valence-corrected chi connectivity index (χ4v) is 2.79. The number of hydrogen-bond acceptors (Lipinski definition) is 7. The molecule has 0 radical (unpaired) electrons. The van der Waals surface area contributed by atoms with E-state index in [1.165, 1.54) is 17.8 Å². The van der Waals surface area contributed by atoms with Crippen LogP contribution < -0.4 is 10.4 Å². The number of aryl methyl sites for hydroxylation is 1. The molecule has 3 heterocycles. The molecule has 0 amide bonds. The van der Waals surface area contributed by atoms with Gasteiger partial charge < -0.3 is 4.74 Å². The van der Waals surface area contributed by atoms with E-state index in [9.17, 15) is 9.18 Å². The average molecular weight is 315 g/mol. The first-order chi connectivity index (χ1) is 10.1. The molecular weight excluding hydrogens is 305 g/mol. The maximum Gasteiger partial charge on any atom is 0.368 e. The second-order valence-corrected chi connectivity index (χ2v) is 5.37. The first-order valence-electron chi connectivity index (χ1n) is 5.86. The molecule has 10 heteroatoms. The van der Waals surface area contributed by atoms with Gasteiger partial charge >= 0.3 is 5.69 Å². The minimum Gasteiger partial charge on any atom is -0.465 e. The third-order valence-electron chi connectivity index (χ3n) is 2.44. The highest BCUT2D eigenvalue weighted by Crippen LogP contribution is 2.26. The monoisotopic (exact) mass is 315 g/mol. The van der Waals surface area contributed by atoms with E-state index in [1.807, 2.05) is 0 Å². The Bertz CT molecular complexity index is 839. The van der Waals surface area contributed by atoms with Gasteiger partial charge in [-0.3, -0.25) is 0 Å². The molecule has 0 saturated carbocycles. The summed E-state index contributed by atoms with van der Waals surface area (Å²) in [5.41, 5.74) is -0.273. The van der Waals surface area contributed by atoms with Gasteiger partial charge in [0.15, 0.2) is 0 Å². The van der Waals surface area contributed by atoms with Crippen LogP contribution >= 0.6 is 22.7 Å². The Hall–Kier alpha value is -2.07. The normalized spacial score (nSPS) is 11.6. The summed E-state index contributed by atoms with van der Waals surface area (Å²) >= 11 is 2.18. The summed E-state index contributed by atoms with van der Waals surface area (Å²) in [5, 5.41) is 10.6. The maximum atomic E-state index is 13.8. The van der Waals surface area contributed by atoms with Gasteiger partial charge in [0, 0.05) is 24.0 Å². The number of halogens is 1. The first-order valence-corrected chi connectivity index (χ1v) is 7.12. The van der Waals surface area contributed by atoms with Crippen LogP contribution in [0.5, 0.6) is 5.19 Å². The van der Waals surface area contributed by atoms with Gasteiger partial charge in [-0.25, -0.2) is 14.2 Å². The molecule has 0 atom stereocenters. The van der Waals surface area contributed by atoms with Crippen LogP contribution in [0.2, 0.25) is 0 Å². The van der Waals surface area contributed by atoms with Crippen molar-refractivity contribution in [3.8, 4) is 10.2 Å². The van der Waals surface area contributed by atoms with Crippen molar-refractivity contribution < 1.29 is 10.5 Å². The van der Waals surface area contributed by atoms with E-state index in [1.54, 1.807) is 0 Å². The van der Waals surface area contributed by atoms with Gasteiger partial charge in [-0.2, -0.15) is 4.68 Å². The smallest absolute Gasteiger partial charge is 0.368 e. The maximum absolute atomic E-state index is 13.8. The van der Waals surface area contributed by atoms with Gasteiger partial charge in [0.1, 0.15) is 17.4 Å². The van der Waals surface area contributed by atoms with Crippen LogP contribution in [0.15, 0.2) is 21.7 Å². The van der Waals surface area contributed by atoms with Crippen molar-refractivity contribution in [1.82, 2.24) is 24.8 Å². The highest BCUT2D eigenvalue weighted by Gasteiger charge is 2.18. The van der Waals surface area contributed by atoms with Gasteiger partial charge in [-0.1, -0.05) is 11.3 Å². The number of tetrazole rings is 1. The van der Waals surface area contributed by atoms with Gasteiger partial charge in [0.25, 0.3) is 5.19 Å².